The first-order valence-electron chi connectivity index (χ1n) is 7.75. The Kier molecular flexibility index (Phi) is 5.43. The molecule has 0 saturated carbocycles. The lowest BCUT2D eigenvalue weighted by atomic mass is 10.2. The molecule has 24 heavy (non-hydrogen) atoms. The lowest BCUT2D eigenvalue weighted by Gasteiger charge is -2.36. The Hall–Kier alpha value is -1.98. The van der Waals surface area contributed by atoms with Gasteiger partial charge in [0.15, 0.2) is 0 Å². The highest BCUT2D eigenvalue weighted by Crippen LogP contribution is 2.27. The smallest absolute Gasteiger partial charge is 0.317 e. The van der Waals surface area contributed by atoms with Crippen molar-refractivity contribution < 1.29 is 4.79 Å². The number of halogens is 2. The lowest BCUT2D eigenvalue weighted by Crippen LogP contribution is -2.51. The second kappa shape index (κ2) is 7.73. The summed E-state index contributed by atoms with van der Waals surface area (Å²) in [6.07, 6.45) is 3.47. The molecule has 0 radical (unpaired) electrons. The van der Waals surface area contributed by atoms with E-state index in [0.717, 1.165) is 24.3 Å². The van der Waals surface area contributed by atoms with E-state index in [9.17, 15) is 4.79 Å². The van der Waals surface area contributed by atoms with Gasteiger partial charge in [-0.25, -0.2) is 4.79 Å². The predicted molar refractivity (Wildman–Crippen MR) is 96.7 cm³/mol. The van der Waals surface area contributed by atoms with Gasteiger partial charge in [-0.1, -0.05) is 29.3 Å². The normalized spacial score (nSPS) is 14.6. The summed E-state index contributed by atoms with van der Waals surface area (Å²) in [4.78, 5) is 20.3. The number of hydrogen-bond donors (Lipinski definition) is 1. The number of pyridine rings is 1. The molecule has 2 amide bonds. The fraction of sp³-hybridized carbons (Fsp3) is 0.294. The Balaban J connectivity index is 1.51. The topological polar surface area (TPSA) is 48.5 Å². The lowest BCUT2D eigenvalue weighted by molar-refractivity contribution is 0.194. The van der Waals surface area contributed by atoms with Crippen molar-refractivity contribution in [2.75, 3.05) is 31.1 Å². The van der Waals surface area contributed by atoms with Crippen LogP contribution in [0, 0.1) is 0 Å². The maximum atomic E-state index is 12.3. The molecule has 1 aromatic heterocycles. The Labute approximate surface area is 151 Å². The van der Waals surface area contributed by atoms with Crippen molar-refractivity contribution in [3.63, 3.8) is 0 Å². The summed E-state index contributed by atoms with van der Waals surface area (Å²) < 4.78 is 0. The van der Waals surface area contributed by atoms with Gasteiger partial charge in [-0.05, 0) is 29.8 Å². The molecule has 7 heteroatoms. The van der Waals surface area contributed by atoms with E-state index in [1.165, 1.54) is 0 Å². The van der Waals surface area contributed by atoms with Gasteiger partial charge in [-0.2, -0.15) is 0 Å². The molecule has 1 aliphatic rings. The molecule has 1 aromatic carbocycles. The molecule has 0 aliphatic carbocycles. The molecule has 5 nitrogen and oxygen atoms in total. The van der Waals surface area contributed by atoms with E-state index < -0.39 is 0 Å². The van der Waals surface area contributed by atoms with E-state index in [0.29, 0.717) is 29.7 Å². The molecule has 2 heterocycles. The minimum absolute atomic E-state index is 0.0485. The minimum Gasteiger partial charge on any atom is -0.368 e. The third kappa shape index (κ3) is 4.10. The third-order valence-electron chi connectivity index (χ3n) is 4.00. The number of nitrogens with one attached hydrogen (secondary N) is 1. The molecular formula is C17H18Cl2N4O. The van der Waals surface area contributed by atoms with Crippen molar-refractivity contribution in [2.45, 2.75) is 6.54 Å². The third-order valence-corrected chi connectivity index (χ3v) is 4.74. The molecule has 0 spiro atoms. The Morgan fingerprint density at radius 1 is 1.12 bits per heavy atom. The van der Waals surface area contributed by atoms with Gasteiger partial charge in [0.2, 0.25) is 0 Å². The summed E-state index contributed by atoms with van der Waals surface area (Å²) in [5, 5.41) is 4.03. The van der Waals surface area contributed by atoms with Gasteiger partial charge in [-0.15, -0.1) is 0 Å². The number of hydrogen-bond acceptors (Lipinski definition) is 3. The van der Waals surface area contributed by atoms with Gasteiger partial charge in [0.05, 0.1) is 10.0 Å². The molecule has 1 fully saturated rings. The van der Waals surface area contributed by atoms with Crippen LogP contribution in [-0.4, -0.2) is 42.1 Å². The van der Waals surface area contributed by atoms with Crippen molar-refractivity contribution in [3.05, 3.63) is 58.3 Å². The molecule has 2 aromatic rings. The number of urea groups is 1. The zero-order chi connectivity index (χ0) is 16.9. The fourth-order valence-corrected chi connectivity index (χ4v) is 2.93. The highest BCUT2D eigenvalue weighted by Gasteiger charge is 2.21. The van der Waals surface area contributed by atoms with Gasteiger partial charge in [0.25, 0.3) is 0 Å². The Morgan fingerprint density at radius 2 is 1.92 bits per heavy atom. The van der Waals surface area contributed by atoms with Crippen LogP contribution in [0.2, 0.25) is 10.0 Å². The Bertz CT molecular complexity index is 703. The van der Waals surface area contributed by atoms with E-state index in [1.807, 2.05) is 29.2 Å². The molecule has 126 valence electrons. The van der Waals surface area contributed by atoms with Crippen molar-refractivity contribution >= 4 is 34.9 Å². The maximum Gasteiger partial charge on any atom is 0.317 e. The van der Waals surface area contributed by atoms with Crippen LogP contribution in [0.3, 0.4) is 0 Å². The first kappa shape index (κ1) is 16.9. The average Bonchev–Trinajstić information content (AvgIpc) is 2.63. The van der Waals surface area contributed by atoms with Crippen LogP contribution in [0.1, 0.15) is 5.56 Å². The van der Waals surface area contributed by atoms with Gasteiger partial charge in [-0.3, -0.25) is 4.98 Å². The van der Waals surface area contributed by atoms with E-state index in [4.69, 9.17) is 23.2 Å². The SMILES string of the molecule is O=C(NCc1cccnc1)N1CCN(c2ccc(Cl)c(Cl)c2)CC1. The number of anilines is 1. The van der Waals surface area contributed by atoms with Gasteiger partial charge in [0.1, 0.15) is 0 Å². The van der Waals surface area contributed by atoms with Crippen LogP contribution >= 0.6 is 23.2 Å². The number of nitrogens with zero attached hydrogens (tertiary/aromatic N) is 3. The van der Waals surface area contributed by atoms with E-state index >= 15 is 0 Å². The molecule has 0 bridgehead atoms. The largest absolute Gasteiger partial charge is 0.368 e. The summed E-state index contributed by atoms with van der Waals surface area (Å²) >= 11 is 12.0. The van der Waals surface area contributed by atoms with E-state index in [2.05, 4.69) is 15.2 Å². The maximum absolute atomic E-state index is 12.3. The van der Waals surface area contributed by atoms with Crippen LogP contribution in [0.5, 0.6) is 0 Å². The van der Waals surface area contributed by atoms with Crippen LogP contribution in [-0.2, 0) is 6.54 Å². The second-order valence-corrected chi connectivity index (χ2v) is 6.41. The van der Waals surface area contributed by atoms with Crippen LogP contribution in [0.4, 0.5) is 10.5 Å². The average molecular weight is 365 g/mol. The van der Waals surface area contributed by atoms with Crippen LogP contribution in [0.25, 0.3) is 0 Å². The van der Waals surface area contributed by atoms with Gasteiger partial charge >= 0.3 is 6.03 Å². The second-order valence-electron chi connectivity index (χ2n) is 5.59. The highest BCUT2D eigenvalue weighted by atomic mass is 35.5. The number of amides is 2. The zero-order valence-electron chi connectivity index (χ0n) is 13.1. The summed E-state index contributed by atoms with van der Waals surface area (Å²) in [5.41, 5.74) is 2.01. The molecule has 3 rings (SSSR count). The summed E-state index contributed by atoms with van der Waals surface area (Å²) in [6.45, 7) is 3.34. The zero-order valence-corrected chi connectivity index (χ0v) is 14.6. The molecule has 0 unspecified atom stereocenters. The summed E-state index contributed by atoms with van der Waals surface area (Å²) in [5.74, 6) is 0. The summed E-state index contributed by atoms with van der Waals surface area (Å²) in [7, 11) is 0. The molecule has 0 atom stereocenters. The molecule has 1 aliphatic heterocycles. The predicted octanol–water partition coefficient (Wildman–Crippen LogP) is 3.42. The molecule has 1 saturated heterocycles. The molecular weight excluding hydrogens is 347 g/mol. The van der Waals surface area contributed by atoms with E-state index in [-0.39, 0.29) is 6.03 Å². The van der Waals surface area contributed by atoms with Crippen molar-refractivity contribution in [1.29, 1.82) is 0 Å². The number of carbonyl (C=O) groups is 1. The fourth-order valence-electron chi connectivity index (χ4n) is 2.64. The Morgan fingerprint density at radius 3 is 2.58 bits per heavy atom. The minimum atomic E-state index is -0.0485. The quantitative estimate of drug-likeness (QED) is 0.907. The standard InChI is InChI=1S/C17H18Cl2N4O/c18-15-4-3-14(10-16(15)19)22-6-8-23(9-7-22)17(24)21-12-13-2-1-5-20-11-13/h1-5,10-11H,6-9,12H2,(H,21,24). The van der Waals surface area contributed by atoms with Gasteiger partial charge in [0, 0.05) is 50.8 Å². The highest BCUT2D eigenvalue weighted by molar-refractivity contribution is 6.42. The van der Waals surface area contributed by atoms with Crippen molar-refractivity contribution in [3.8, 4) is 0 Å². The number of piperazine rings is 1. The van der Waals surface area contributed by atoms with Crippen LogP contribution < -0.4 is 10.2 Å². The number of aromatic nitrogens is 1. The number of benzene rings is 1. The van der Waals surface area contributed by atoms with Crippen LogP contribution in [0.15, 0.2) is 42.7 Å². The monoisotopic (exact) mass is 364 g/mol. The first-order chi connectivity index (χ1) is 11.6. The number of carbonyl (C=O) groups excluding carboxylic acids is 1. The van der Waals surface area contributed by atoms with Crippen molar-refractivity contribution in [2.24, 2.45) is 0 Å². The van der Waals surface area contributed by atoms with Crippen molar-refractivity contribution in [1.82, 2.24) is 15.2 Å². The van der Waals surface area contributed by atoms with Gasteiger partial charge < -0.3 is 15.1 Å². The molecule has 1 N–H and O–H groups in total. The summed E-state index contributed by atoms with van der Waals surface area (Å²) in [6, 6.07) is 9.36. The van der Waals surface area contributed by atoms with E-state index in [1.54, 1.807) is 18.5 Å². The first-order valence-corrected chi connectivity index (χ1v) is 8.51. The number of rotatable bonds is 3.